The normalized spacial score (nSPS) is 13.7. The van der Waals surface area contributed by atoms with Gasteiger partial charge in [0.05, 0.1) is 31.7 Å². The van der Waals surface area contributed by atoms with Crippen molar-refractivity contribution in [1.82, 2.24) is 9.97 Å². The maximum atomic E-state index is 12.7. The Morgan fingerprint density at radius 1 is 1.10 bits per heavy atom. The molecule has 0 saturated carbocycles. The number of anilines is 2. The van der Waals surface area contributed by atoms with Gasteiger partial charge in [-0.2, -0.15) is 0 Å². The lowest BCUT2D eigenvalue weighted by Gasteiger charge is -2.27. The van der Waals surface area contributed by atoms with E-state index >= 15 is 0 Å². The Kier molecular flexibility index (Phi) is 6.13. The molecule has 8 heteroatoms. The Labute approximate surface area is 179 Å². The summed E-state index contributed by atoms with van der Waals surface area (Å²) in [5.74, 6) is 1.90. The minimum Gasteiger partial charge on any atom is -0.493 e. The third-order valence-electron chi connectivity index (χ3n) is 5.06. The number of thiazole rings is 1. The van der Waals surface area contributed by atoms with Crippen molar-refractivity contribution >= 4 is 28.7 Å². The summed E-state index contributed by atoms with van der Waals surface area (Å²) in [6.45, 7) is 2.07. The molecule has 1 aromatic carbocycles. The maximum Gasteiger partial charge on any atom is 0.275 e. The molecule has 4 rings (SSSR count). The molecule has 0 radical (unpaired) electrons. The predicted octanol–water partition coefficient (Wildman–Crippen LogP) is 4.46. The van der Waals surface area contributed by atoms with Gasteiger partial charge in [0.15, 0.2) is 11.5 Å². The zero-order valence-corrected chi connectivity index (χ0v) is 17.9. The van der Waals surface area contributed by atoms with Crippen molar-refractivity contribution in [2.45, 2.75) is 19.3 Å². The summed E-state index contributed by atoms with van der Waals surface area (Å²) in [6.07, 6.45) is 5.37. The quantitative estimate of drug-likeness (QED) is 0.629. The Morgan fingerprint density at radius 2 is 1.93 bits per heavy atom. The van der Waals surface area contributed by atoms with Gasteiger partial charge in [-0.3, -0.25) is 4.79 Å². The van der Waals surface area contributed by atoms with Crippen LogP contribution < -0.4 is 19.7 Å². The molecular weight excluding hydrogens is 400 g/mol. The zero-order valence-electron chi connectivity index (χ0n) is 17.1. The summed E-state index contributed by atoms with van der Waals surface area (Å²) in [6, 6.07) is 9.42. The van der Waals surface area contributed by atoms with Crippen LogP contribution in [0.3, 0.4) is 0 Å². The topological polar surface area (TPSA) is 76.6 Å². The van der Waals surface area contributed by atoms with Crippen molar-refractivity contribution in [2.24, 2.45) is 0 Å². The van der Waals surface area contributed by atoms with E-state index in [0.29, 0.717) is 27.9 Å². The summed E-state index contributed by atoms with van der Waals surface area (Å²) >= 11 is 1.38. The van der Waals surface area contributed by atoms with Gasteiger partial charge in [-0.15, -0.1) is 11.3 Å². The van der Waals surface area contributed by atoms with Gasteiger partial charge < -0.3 is 19.7 Å². The van der Waals surface area contributed by atoms with Gasteiger partial charge in [0.25, 0.3) is 5.91 Å². The van der Waals surface area contributed by atoms with Crippen molar-refractivity contribution in [3.8, 4) is 22.1 Å². The summed E-state index contributed by atoms with van der Waals surface area (Å²) < 4.78 is 10.8. The second-order valence-corrected chi connectivity index (χ2v) is 7.84. The maximum absolute atomic E-state index is 12.7. The highest BCUT2D eigenvalue weighted by Crippen LogP contribution is 2.39. The molecule has 156 valence electrons. The molecule has 0 atom stereocenters. The Bertz CT molecular complexity index is 1010. The fourth-order valence-corrected chi connectivity index (χ4v) is 4.34. The van der Waals surface area contributed by atoms with Gasteiger partial charge in [0, 0.05) is 18.5 Å². The van der Waals surface area contributed by atoms with Crippen LogP contribution in [0, 0.1) is 0 Å². The molecule has 1 aliphatic heterocycles. The number of ether oxygens (including phenoxy) is 2. The van der Waals surface area contributed by atoms with E-state index < -0.39 is 0 Å². The molecule has 7 nitrogen and oxygen atoms in total. The van der Waals surface area contributed by atoms with Crippen LogP contribution in [0.4, 0.5) is 11.5 Å². The first-order valence-corrected chi connectivity index (χ1v) is 10.8. The van der Waals surface area contributed by atoms with Crippen molar-refractivity contribution in [1.29, 1.82) is 0 Å². The van der Waals surface area contributed by atoms with Crippen LogP contribution >= 0.6 is 11.3 Å². The van der Waals surface area contributed by atoms with E-state index in [1.54, 1.807) is 25.8 Å². The van der Waals surface area contributed by atoms with Crippen LogP contribution in [0.1, 0.15) is 29.8 Å². The fourth-order valence-electron chi connectivity index (χ4n) is 3.52. The molecule has 0 aliphatic carbocycles. The Morgan fingerprint density at radius 3 is 2.63 bits per heavy atom. The highest BCUT2D eigenvalue weighted by Gasteiger charge is 2.18. The molecule has 1 amide bonds. The third kappa shape index (κ3) is 4.23. The highest BCUT2D eigenvalue weighted by molar-refractivity contribution is 7.13. The molecule has 0 unspecified atom stereocenters. The number of aromatic nitrogens is 2. The van der Waals surface area contributed by atoms with E-state index in [9.17, 15) is 4.79 Å². The number of amides is 1. The lowest BCUT2D eigenvalue weighted by molar-refractivity contribution is 0.102. The van der Waals surface area contributed by atoms with Gasteiger partial charge in [0.2, 0.25) is 0 Å². The number of pyridine rings is 1. The SMILES string of the molecule is COc1cccc(-c2nc(C(=O)Nc3ccc(N4CCCCC4)nc3)cs2)c1OC. The second-order valence-electron chi connectivity index (χ2n) is 6.99. The first kappa shape index (κ1) is 20.2. The molecule has 0 spiro atoms. The van der Waals surface area contributed by atoms with Crippen molar-refractivity contribution in [3.05, 3.63) is 47.6 Å². The minimum absolute atomic E-state index is 0.271. The van der Waals surface area contributed by atoms with Crippen LogP contribution in [-0.4, -0.2) is 43.2 Å². The molecular formula is C22H24N4O3S. The zero-order chi connectivity index (χ0) is 20.9. The lowest BCUT2D eigenvalue weighted by atomic mass is 10.1. The average molecular weight is 425 g/mol. The smallest absolute Gasteiger partial charge is 0.275 e. The number of carbonyl (C=O) groups is 1. The second kappa shape index (κ2) is 9.13. The van der Waals surface area contributed by atoms with Gasteiger partial charge >= 0.3 is 0 Å². The van der Waals surface area contributed by atoms with Crippen LogP contribution in [0.15, 0.2) is 41.9 Å². The van der Waals surface area contributed by atoms with E-state index in [4.69, 9.17) is 9.47 Å². The number of piperidine rings is 1. The molecule has 0 bridgehead atoms. The van der Waals surface area contributed by atoms with Crippen molar-refractivity contribution in [2.75, 3.05) is 37.5 Å². The first-order chi connectivity index (χ1) is 14.7. The molecule has 30 heavy (non-hydrogen) atoms. The van der Waals surface area contributed by atoms with Gasteiger partial charge in [-0.25, -0.2) is 9.97 Å². The van der Waals surface area contributed by atoms with E-state index in [2.05, 4.69) is 20.2 Å². The van der Waals surface area contributed by atoms with Crippen molar-refractivity contribution in [3.63, 3.8) is 0 Å². The number of hydrogen-bond donors (Lipinski definition) is 1. The molecule has 1 N–H and O–H groups in total. The van der Waals surface area contributed by atoms with Crippen LogP contribution in [0.25, 0.3) is 10.6 Å². The van der Waals surface area contributed by atoms with Gasteiger partial charge in [-0.05, 0) is 43.5 Å². The van der Waals surface area contributed by atoms with Crippen LogP contribution in [0.2, 0.25) is 0 Å². The van der Waals surface area contributed by atoms with Crippen molar-refractivity contribution < 1.29 is 14.3 Å². The standard InChI is InChI=1S/C22H24N4O3S/c1-28-18-8-6-7-16(20(18)29-2)22-25-17(14-30-22)21(27)24-15-9-10-19(23-13-15)26-11-4-3-5-12-26/h6-10,13-14H,3-5,11-12H2,1-2H3,(H,24,27). The van der Waals surface area contributed by atoms with E-state index in [-0.39, 0.29) is 5.91 Å². The highest BCUT2D eigenvalue weighted by atomic mass is 32.1. The number of rotatable bonds is 6. The fraction of sp³-hybridized carbons (Fsp3) is 0.318. The molecule has 1 saturated heterocycles. The summed E-state index contributed by atoms with van der Waals surface area (Å²) in [5, 5.41) is 5.30. The molecule has 1 fully saturated rings. The molecule has 3 heterocycles. The van der Waals surface area contributed by atoms with Gasteiger partial charge in [0.1, 0.15) is 16.5 Å². The number of para-hydroxylation sites is 1. The predicted molar refractivity (Wildman–Crippen MR) is 119 cm³/mol. The third-order valence-corrected chi connectivity index (χ3v) is 5.93. The van der Waals surface area contributed by atoms with E-state index in [1.807, 2.05) is 30.3 Å². The Balaban J connectivity index is 1.47. The van der Waals surface area contributed by atoms with Crippen LogP contribution in [-0.2, 0) is 0 Å². The molecule has 3 aromatic rings. The number of nitrogens with zero attached hydrogens (tertiary/aromatic N) is 3. The number of nitrogens with one attached hydrogen (secondary N) is 1. The monoisotopic (exact) mass is 424 g/mol. The van der Waals surface area contributed by atoms with Gasteiger partial charge in [-0.1, -0.05) is 6.07 Å². The van der Waals surface area contributed by atoms with E-state index in [0.717, 1.165) is 24.5 Å². The Hall–Kier alpha value is -3.13. The molecule has 2 aromatic heterocycles. The van der Waals surface area contributed by atoms with Crippen LogP contribution in [0.5, 0.6) is 11.5 Å². The first-order valence-electron chi connectivity index (χ1n) is 9.89. The molecule has 1 aliphatic rings. The number of carbonyl (C=O) groups excluding carboxylic acids is 1. The summed E-state index contributed by atoms with van der Waals surface area (Å²) in [7, 11) is 3.18. The number of hydrogen-bond acceptors (Lipinski definition) is 7. The summed E-state index contributed by atoms with van der Waals surface area (Å²) in [4.78, 5) is 23.9. The number of benzene rings is 1. The lowest BCUT2D eigenvalue weighted by Crippen LogP contribution is -2.30. The summed E-state index contributed by atoms with van der Waals surface area (Å²) in [5.41, 5.74) is 1.78. The minimum atomic E-state index is -0.271. The number of methoxy groups -OCH3 is 2. The van der Waals surface area contributed by atoms with E-state index in [1.165, 1.54) is 30.6 Å². The average Bonchev–Trinajstić information content (AvgIpc) is 3.30. The largest absolute Gasteiger partial charge is 0.493 e.